The van der Waals surface area contributed by atoms with Gasteiger partial charge in [0.05, 0.1) is 5.75 Å². The first-order chi connectivity index (χ1) is 8.43. The fraction of sp³-hybridized carbons (Fsp3) is 0.846. The summed E-state index contributed by atoms with van der Waals surface area (Å²) in [6, 6.07) is 0. The van der Waals surface area contributed by atoms with Gasteiger partial charge in [-0.25, -0.2) is 13.1 Å². The Bertz CT molecular complexity index is 376. The molecule has 1 aliphatic carbocycles. The molecule has 0 bridgehead atoms. The van der Waals surface area contributed by atoms with Gasteiger partial charge in [-0.05, 0) is 38.1 Å². The Morgan fingerprint density at radius 1 is 1.44 bits per heavy atom. The monoisotopic (exact) mass is 274 g/mol. The Hall–Kier alpha value is -0.390. The summed E-state index contributed by atoms with van der Waals surface area (Å²) in [5.74, 6) is 1.46. The van der Waals surface area contributed by atoms with E-state index in [1.807, 2.05) is 0 Å². The molecular formula is C13H26N2O2S. The lowest BCUT2D eigenvalue weighted by atomic mass is 9.84. The van der Waals surface area contributed by atoms with Crippen LogP contribution in [0.1, 0.15) is 33.6 Å². The number of sulfonamides is 1. The Kier molecular flexibility index (Phi) is 6.32. The van der Waals surface area contributed by atoms with Crippen molar-refractivity contribution in [2.24, 2.45) is 11.8 Å². The quantitative estimate of drug-likeness (QED) is 0.546. The van der Waals surface area contributed by atoms with Crippen molar-refractivity contribution >= 4 is 10.0 Å². The second-order valence-electron chi connectivity index (χ2n) is 5.32. The van der Waals surface area contributed by atoms with Crippen molar-refractivity contribution < 1.29 is 8.42 Å². The molecule has 1 rings (SSSR count). The highest BCUT2D eigenvalue weighted by atomic mass is 32.2. The SMILES string of the molecule is CCNS(=O)(=O)CCNCC1CC(C)=CC(C)C1. The molecule has 1 aliphatic rings. The lowest BCUT2D eigenvalue weighted by Crippen LogP contribution is -2.34. The summed E-state index contributed by atoms with van der Waals surface area (Å²) in [6.45, 7) is 8.12. The molecule has 0 saturated heterocycles. The van der Waals surface area contributed by atoms with Crippen molar-refractivity contribution in [3.05, 3.63) is 11.6 Å². The highest BCUT2D eigenvalue weighted by molar-refractivity contribution is 7.89. The maximum Gasteiger partial charge on any atom is 0.212 e. The van der Waals surface area contributed by atoms with Gasteiger partial charge in [0, 0.05) is 13.1 Å². The molecule has 2 N–H and O–H groups in total. The predicted molar refractivity (Wildman–Crippen MR) is 76.0 cm³/mol. The average molecular weight is 274 g/mol. The zero-order chi connectivity index (χ0) is 13.6. The largest absolute Gasteiger partial charge is 0.315 e. The van der Waals surface area contributed by atoms with E-state index in [4.69, 9.17) is 0 Å². The van der Waals surface area contributed by atoms with E-state index in [0.29, 0.717) is 24.9 Å². The molecule has 18 heavy (non-hydrogen) atoms. The molecule has 2 unspecified atom stereocenters. The molecule has 106 valence electrons. The minimum absolute atomic E-state index is 0.165. The number of nitrogens with one attached hydrogen (secondary N) is 2. The van der Waals surface area contributed by atoms with E-state index in [0.717, 1.165) is 13.0 Å². The smallest absolute Gasteiger partial charge is 0.212 e. The van der Waals surface area contributed by atoms with Crippen LogP contribution in [0.3, 0.4) is 0 Å². The summed E-state index contributed by atoms with van der Waals surface area (Å²) < 4.78 is 25.3. The van der Waals surface area contributed by atoms with E-state index in [9.17, 15) is 8.42 Å². The van der Waals surface area contributed by atoms with E-state index in [1.165, 1.54) is 12.0 Å². The van der Waals surface area contributed by atoms with Crippen LogP contribution in [0.4, 0.5) is 0 Å². The standard InChI is InChI=1S/C13H26N2O2S/c1-4-15-18(16,17)6-5-14-10-13-8-11(2)7-12(3)9-13/h7,11,13-15H,4-6,8-10H2,1-3H3. The zero-order valence-electron chi connectivity index (χ0n) is 11.7. The molecule has 0 aliphatic heterocycles. The van der Waals surface area contributed by atoms with Crippen LogP contribution < -0.4 is 10.0 Å². The molecule has 5 heteroatoms. The summed E-state index contributed by atoms with van der Waals surface area (Å²) in [6.07, 6.45) is 4.67. The maximum absolute atomic E-state index is 11.4. The van der Waals surface area contributed by atoms with Crippen LogP contribution in [0, 0.1) is 11.8 Å². The average Bonchev–Trinajstić information content (AvgIpc) is 2.23. The fourth-order valence-corrected chi connectivity index (χ4v) is 3.64. The lowest BCUT2D eigenvalue weighted by Gasteiger charge is -2.25. The second-order valence-corrected chi connectivity index (χ2v) is 7.24. The van der Waals surface area contributed by atoms with Crippen molar-refractivity contribution in [3.63, 3.8) is 0 Å². The molecule has 0 aromatic heterocycles. The van der Waals surface area contributed by atoms with Crippen molar-refractivity contribution in [2.45, 2.75) is 33.6 Å². The highest BCUT2D eigenvalue weighted by Gasteiger charge is 2.17. The van der Waals surface area contributed by atoms with E-state index in [1.54, 1.807) is 6.92 Å². The Labute approximate surface area is 111 Å². The van der Waals surface area contributed by atoms with E-state index in [2.05, 4.69) is 30.0 Å². The van der Waals surface area contributed by atoms with E-state index in [-0.39, 0.29) is 5.75 Å². The van der Waals surface area contributed by atoms with Crippen LogP contribution in [-0.2, 0) is 10.0 Å². The van der Waals surface area contributed by atoms with Gasteiger partial charge in [0.25, 0.3) is 0 Å². The Morgan fingerprint density at radius 3 is 2.78 bits per heavy atom. The van der Waals surface area contributed by atoms with Crippen LogP contribution in [0.2, 0.25) is 0 Å². The summed E-state index contributed by atoms with van der Waals surface area (Å²) in [4.78, 5) is 0. The molecule has 0 heterocycles. The Balaban J connectivity index is 2.21. The predicted octanol–water partition coefficient (Wildman–Crippen LogP) is 1.51. The first-order valence-corrected chi connectivity index (χ1v) is 8.43. The molecule has 4 nitrogen and oxygen atoms in total. The molecule has 0 radical (unpaired) electrons. The normalized spacial score (nSPS) is 24.9. The van der Waals surface area contributed by atoms with Gasteiger partial charge in [0.1, 0.15) is 0 Å². The molecular weight excluding hydrogens is 248 g/mol. The van der Waals surface area contributed by atoms with Gasteiger partial charge in [0.15, 0.2) is 0 Å². The lowest BCUT2D eigenvalue weighted by molar-refractivity contribution is 0.385. The van der Waals surface area contributed by atoms with Crippen LogP contribution in [0.5, 0.6) is 0 Å². The number of allylic oxidation sites excluding steroid dienone is 2. The van der Waals surface area contributed by atoms with Gasteiger partial charge in [-0.2, -0.15) is 0 Å². The topological polar surface area (TPSA) is 58.2 Å². The van der Waals surface area contributed by atoms with Crippen molar-refractivity contribution in [2.75, 3.05) is 25.4 Å². The molecule has 0 fully saturated rings. The zero-order valence-corrected chi connectivity index (χ0v) is 12.5. The summed E-state index contributed by atoms with van der Waals surface area (Å²) >= 11 is 0. The first kappa shape index (κ1) is 15.7. The van der Waals surface area contributed by atoms with Gasteiger partial charge in [0.2, 0.25) is 10.0 Å². The van der Waals surface area contributed by atoms with Gasteiger partial charge in [-0.15, -0.1) is 0 Å². The van der Waals surface area contributed by atoms with E-state index >= 15 is 0 Å². The van der Waals surface area contributed by atoms with Crippen LogP contribution in [0.15, 0.2) is 11.6 Å². The molecule has 0 aromatic carbocycles. The highest BCUT2D eigenvalue weighted by Crippen LogP contribution is 2.27. The summed E-state index contributed by atoms with van der Waals surface area (Å²) in [7, 11) is -3.08. The third-order valence-electron chi connectivity index (χ3n) is 3.23. The maximum atomic E-state index is 11.4. The minimum Gasteiger partial charge on any atom is -0.315 e. The molecule has 2 atom stereocenters. The van der Waals surface area contributed by atoms with Crippen LogP contribution >= 0.6 is 0 Å². The number of hydrogen-bond donors (Lipinski definition) is 2. The summed E-state index contributed by atoms with van der Waals surface area (Å²) in [5, 5.41) is 3.26. The molecule has 0 amide bonds. The Morgan fingerprint density at radius 2 is 2.17 bits per heavy atom. The van der Waals surface area contributed by atoms with Gasteiger partial charge in [-0.3, -0.25) is 0 Å². The second kappa shape index (κ2) is 7.26. The van der Waals surface area contributed by atoms with E-state index < -0.39 is 10.0 Å². The molecule has 0 aromatic rings. The van der Waals surface area contributed by atoms with Gasteiger partial charge in [-0.1, -0.05) is 25.5 Å². The third-order valence-corrected chi connectivity index (χ3v) is 4.70. The van der Waals surface area contributed by atoms with Crippen LogP contribution in [0.25, 0.3) is 0 Å². The number of rotatable bonds is 7. The third kappa shape index (κ3) is 5.98. The van der Waals surface area contributed by atoms with Crippen molar-refractivity contribution in [3.8, 4) is 0 Å². The van der Waals surface area contributed by atoms with Crippen molar-refractivity contribution in [1.29, 1.82) is 0 Å². The summed E-state index contributed by atoms with van der Waals surface area (Å²) in [5.41, 5.74) is 1.46. The van der Waals surface area contributed by atoms with Crippen LogP contribution in [-0.4, -0.2) is 33.8 Å². The fourth-order valence-electron chi connectivity index (χ4n) is 2.65. The van der Waals surface area contributed by atoms with Gasteiger partial charge >= 0.3 is 0 Å². The number of hydrogen-bond acceptors (Lipinski definition) is 3. The van der Waals surface area contributed by atoms with Gasteiger partial charge < -0.3 is 5.32 Å². The van der Waals surface area contributed by atoms with Crippen molar-refractivity contribution in [1.82, 2.24) is 10.0 Å². The minimum atomic E-state index is -3.08. The molecule has 0 saturated carbocycles. The first-order valence-electron chi connectivity index (χ1n) is 6.78. The molecule has 0 spiro atoms.